The van der Waals surface area contributed by atoms with Gasteiger partial charge in [0.2, 0.25) is 5.91 Å². The minimum Gasteiger partial charge on any atom is -0.497 e. The summed E-state index contributed by atoms with van der Waals surface area (Å²) in [6.45, 7) is 2.76. The number of amides is 2. The Hall–Kier alpha value is -2.82. The quantitative estimate of drug-likeness (QED) is 0.766. The molecule has 0 radical (unpaired) electrons. The Labute approximate surface area is 142 Å². The Bertz CT molecular complexity index is 679. The summed E-state index contributed by atoms with van der Waals surface area (Å²) >= 11 is 0. The Kier molecular flexibility index (Phi) is 6.37. The summed E-state index contributed by atoms with van der Waals surface area (Å²) in [6.07, 6.45) is 0.301. The molecule has 0 fully saturated rings. The third-order valence-electron chi connectivity index (χ3n) is 3.57. The molecule has 2 N–H and O–H groups in total. The average Bonchev–Trinajstić information content (AvgIpc) is 2.60. The zero-order valence-electron chi connectivity index (χ0n) is 14.0. The van der Waals surface area contributed by atoms with Gasteiger partial charge in [-0.3, -0.25) is 9.59 Å². The fourth-order valence-corrected chi connectivity index (χ4v) is 2.18. The van der Waals surface area contributed by atoms with Crippen LogP contribution in [0.5, 0.6) is 5.75 Å². The van der Waals surface area contributed by atoms with E-state index >= 15 is 0 Å². The summed E-state index contributed by atoms with van der Waals surface area (Å²) in [7, 11) is 1.60. The Balaban J connectivity index is 1.68. The molecule has 0 aliphatic carbocycles. The topological polar surface area (TPSA) is 67.4 Å². The molecular formula is C19H22N2O3. The van der Waals surface area contributed by atoms with Gasteiger partial charge in [-0.1, -0.05) is 29.8 Å². The average molecular weight is 326 g/mol. The second-order valence-electron chi connectivity index (χ2n) is 5.50. The number of carbonyl (C=O) groups excluding carboxylic acids is 2. The molecule has 0 atom stereocenters. The van der Waals surface area contributed by atoms with Crippen molar-refractivity contribution in [2.24, 2.45) is 0 Å². The summed E-state index contributed by atoms with van der Waals surface area (Å²) in [5, 5.41) is 5.57. The van der Waals surface area contributed by atoms with Crippen LogP contribution < -0.4 is 15.4 Å². The van der Waals surface area contributed by atoms with E-state index in [-0.39, 0.29) is 11.8 Å². The normalized spacial score (nSPS) is 10.1. The second-order valence-corrected chi connectivity index (χ2v) is 5.50. The molecular weight excluding hydrogens is 304 g/mol. The molecule has 5 heteroatoms. The van der Waals surface area contributed by atoms with Crippen LogP contribution in [-0.4, -0.2) is 32.0 Å². The van der Waals surface area contributed by atoms with Gasteiger partial charge in [-0.05, 0) is 36.8 Å². The van der Waals surface area contributed by atoms with Crippen LogP contribution in [0.3, 0.4) is 0 Å². The van der Waals surface area contributed by atoms with E-state index in [2.05, 4.69) is 10.6 Å². The number of rotatable bonds is 7. The van der Waals surface area contributed by atoms with Gasteiger partial charge in [0.25, 0.3) is 5.91 Å². The third kappa shape index (κ3) is 5.43. The van der Waals surface area contributed by atoms with Gasteiger partial charge in [0.1, 0.15) is 5.75 Å². The predicted octanol–water partition coefficient (Wildman–Crippen LogP) is 2.09. The number of nitrogens with one attached hydrogen (secondary N) is 2. The van der Waals surface area contributed by atoms with Crippen molar-refractivity contribution in [2.75, 3.05) is 20.2 Å². The van der Waals surface area contributed by atoms with E-state index < -0.39 is 0 Å². The van der Waals surface area contributed by atoms with Gasteiger partial charge in [0, 0.05) is 18.7 Å². The second kappa shape index (κ2) is 8.72. The molecule has 0 aliphatic rings. The first-order chi connectivity index (χ1) is 11.6. The van der Waals surface area contributed by atoms with Crippen LogP contribution in [0, 0.1) is 6.92 Å². The molecule has 0 aromatic heterocycles. The van der Waals surface area contributed by atoms with Crippen molar-refractivity contribution in [3.8, 4) is 5.75 Å². The summed E-state index contributed by atoms with van der Waals surface area (Å²) in [5.41, 5.74) is 2.64. The minimum atomic E-state index is -0.139. The zero-order chi connectivity index (χ0) is 17.4. The first-order valence-corrected chi connectivity index (χ1v) is 7.83. The molecule has 0 saturated heterocycles. The first kappa shape index (κ1) is 17.5. The van der Waals surface area contributed by atoms with E-state index in [9.17, 15) is 9.59 Å². The molecule has 126 valence electrons. The molecule has 2 aromatic carbocycles. The highest BCUT2D eigenvalue weighted by Gasteiger charge is 2.06. The molecule has 24 heavy (non-hydrogen) atoms. The maximum atomic E-state index is 11.9. The van der Waals surface area contributed by atoms with Crippen LogP contribution in [0.15, 0.2) is 48.5 Å². The van der Waals surface area contributed by atoms with E-state index in [1.54, 1.807) is 19.2 Å². The molecule has 2 rings (SSSR count). The standard InChI is InChI=1S/C19H22N2O3/c1-14-3-7-16(8-4-14)19(23)21-12-11-20-18(22)13-15-5-9-17(24-2)10-6-15/h3-10H,11-13H2,1-2H3,(H,20,22)(H,21,23). The molecule has 0 aliphatic heterocycles. The number of carbonyl (C=O) groups is 2. The molecule has 0 spiro atoms. The zero-order valence-corrected chi connectivity index (χ0v) is 14.0. The lowest BCUT2D eigenvalue weighted by Gasteiger charge is -2.08. The van der Waals surface area contributed by atoms with Crippen LogP contribution >= 0.6 is 0 Å². The summed E-state index contributed by atoms with van der Waals surface area (Å²) in [5.74, 6) is 0.544. The van der Waals surface area contributed by atoms with Crippen LogP contribution in [0.4, 0.5) is 0 Å². The van der Waals surface area contributed by atoms with Crippen LogP contribution in [0.25, 0.3) is 0 Å². The number of methoxy groups -OCH3 is 1. The lowest BCUT2D eigenvalue weighted by Crippen LogP contribution is -2.35. The maximum Gasteiger partial charge on any atom is 0.251 e. The van der Waals surface area contributed by atoms with E-state index in [1.807, 2.05) is 43.3 Å². The third-order valence-corrected chi connectivity index (χ3v) is 3.57. The van der Waals surface area contributed by atoms with Gasteiger partial charge < -0.3 is 15.4 Å². The Morgan fingerprint density at radius 1 is 0.917 bits per heavy atom. The van der Waals surface area contributed by atoms with Crippen molar-refractivity contribution < 1.29 is 14.3 Å². The molecule has 0 unspecified atom stereocenters. The maximum absolute atomic E-state index is 11.9. The number of ether oxygens (including phenoxy) is 1. The van der Waals surface area contributed by atoms with E-state index in [0.29, 0.717) is 25.1 Å². The van der Waals surface area contributed by atoms with Crippen molar-refractivity contribution in [3.63, 3.8) is 0 Å². The van der Waals surface area contributed by atoms with Crippen LogP contribution in [-0.2, 0) is 11.2 Å². The molecule has 0 saturated carbocycles. The van der Waals surface area contributed by atoms with Crippen LogP contribution in [0.1, 0.15) is 21.5 Å². The summed E-state index contributed by atoms with van der Waals surface area (Å²) < 4.78 is 5.08. The molecule has 5 nitrogen and oxygen atoms in total. The molecule has 0 bridgehead atoms. The highest BCUT2D eigenvalue weighted by molar-refractivity contribution is 5.94. The fraction of sp³-hybridized carbons (Fsp3) is 0.263. The SMILES string of the molecule is COc1ccc(CC(=O)NCCNC(=O)c2ccc(C)cc2)cc1. The summed E-state index contributed by atoms with van der Waals surface area (Å²) in [4.78, 5) is 23.8. The largest absolute Gasteiger partial charge is 0.497 e. The van der Waals surface area contributed by atoms with Gasteiger partial charge in [-0.2, -0.15) is 0 Å². The number of aryl methyl sites for hydroxylation is 1. The highest BCUT2D eigenvalue weighted by Crippen LogP contribution is 2.11. The van der Waals surface area contributed by atoms with Gasteiger partial charge in [0.15, 0.2) is 0 Å². The van der Waals surface area contributed by atoms with Gasteiger partial charge in [-0.15, -0.1) is 0 Å². The number of hydrogen-bond donors (Lipinski definition) is 2. The lowest BCUT2D eigenvalue weighted by atomic mass is 10.1. The monoisotopic (exact) mass is 326 g/mol. The van der Waals surface area contributed by atoms with Gasteiger partial charge in [-0.25, -0.2) is 0 Å². The number of benzene rings is 2. The van der Waals surface area contributed by atoms with Crippen molar-refractivity contribution >= 4 is 11.8 Å². The Morgan fingerprint density at radius 2 is 1.54 bits per heavy atom. The number of hydrogen-bond acceptors (Lipinski definition) is 3. The molecule has 0 heterocycles. The van der Waals surface area contributed by atoms with Crippen molar-refractivity contribution in [1.82, 2.24) is 10.6 Å². The van der Waals surface area contributed by atoms with Crippen LogP contribution in [0.2, 0.25) is 0 Å². The van der Waals surface area contributed by atoms with Gasteiger partial charge in [0.05, 0.1) is 13.5 Å². The van der Waals surface area contributed by atoms with Crippen molar-refractivity contribution in [2.45, 2.75) is 13.3 Å². The Morgan fingerprint density at radius 3 is 2.17 bits per heavy atom. The van der Waals surface area contributed by atoms with E-state index in [1.165, 1.54) is 0 Å². The fourth-order valence-electron chi connectivity index (χ4n) is 2.18. The van der Waals surface area contributed by atoms with Crippen molar-refractivity contribution in [3.05, 3.63) is 65.2 Å². The molecule has 2 aromatic rings. The predicted molar refractivity (Wildman–Crippen MR) is 93.2 cm³/mol. The minimum absolute atomic E-state index is 0.0789. The molecule has 2 amide bonds. The van der Waals surface area contributed by atoms with Crippen molar-refractivity contribution in [1.29, 1.82) is 0 Å². The van der Waals surface area contributed by atoms with Gasteiger partial charge >= 0.3 is 0 Å². The lowest BCUT2D eigenvalue weighted by molar-refractivity contribution is -0.120. The van der Waals surface area contributed by atoms with E-state index in [4.69, 9.17) is 4.74 Å². The summed E-state index contributed by atoms with van der Waals surface area (Å²) in [6, 6.07) is 14.7. The highest BCUT2D eigenvalue weighted by atomic mass is 16.5. The smallest absolute Gasteiger partial charge is 0.251 e. The van der Waals surface area contributed by atoms with E-state index in [0.717, 1.165) is 16.9 Å². The first-order valence-electron chi connectivity index (χ1n) is 7.83.